The Bertz CT molecular complexity index is 934. The van der Waals surface area contributed by atoms with E-state index in [0.717, 1.165) is 22.7 Å². The molecule has 2 aromatic rings. The molecule has 3 aliphatic rings. The zero-order valence-electron chi connectivity index (χ0n) is 14.9. The lowest BCUT2D eigenvalue weighted by molar-refractivity contribution is -0.134. The first-order chi connectivity index (χ1) is 12.5. The van der Waals surface area contributed by atoms with E-state index in [1.807, 2.05) is 29.3 Å². The molecule has 3 nitrogen and oxygen atoms in total. The number of hydrazine groups is 1. The molecular formula is C22H21ClN2O. The third-order valence-electron chi connectivity index (χ3n) is 5.90. The average Bonchev–Trinajstić information content (AvgIpc) is 3.17. The summed E-state index contributed by atoms with van der Waals surface area (Å²) in [6, 6.07) is 16.7. The third-order valence-corrected chi connectivity index (χ3v) is 6.14. The highest BCUT2D eigenvalue weighted by Crippen LogP contribution is 2.57. The van der Waals surface area contributed by atoms with Crippen molar-refractivity contribution in [1.29, 1.82) is 0 Å². The van der Waals surface area contributed by atoms with E-state index < -0.39 is 0 Å². The van der Waals surface area contributed by atoms with Gasteiger partial charge in [-0.3, -0.25) is 4.79 Å². The van der Waals surface area contributed by atoms with Gasteiger partial charge in [0.25, 0.3) is 0 Å². The van der Waals surface area contributed by atoms with Gasteiger partial charge in [-0.05, 0) is 55.2 Å². The second kappa shape index (κ2) is 5.45. The quantitative estimate of drug-likeness (QED) is 0.723. The Hall–Kier alpha value is -2.10. The van der Waals surface area contributed by atoms with Gasteiger partial charge in [-0.1, -0.05) is 48.0 Å². The van der Waals surface area contributed by atoms with Crippen molar-refractivity contribution >= 4 is 23.6 Å². The van der Waals surface area contributed by atoms with Crippen molar-refractivity contribution in [3.05, 3.63) is 75.9 Å². The van der Waals surface area contributed by atoms with Gasteiger partial charge < -0.3 is 0 Å². The molecule has 132 valence electrons. The van der Waals surface area contributed by atoms with Crippen molar-refractivity contribution in [1.82, 2.24) is 10.0 Å². The molecule has 1 aliphatic carbocycles. The molecule has 1 amide bonds. The van der Waals surface area contributed by atoms with Crippen LogP contribution < -0.4 is 0 Å². The largest absolute Gasteiger partial charge is 0.273 e. The molecule has 0 saturated carbocycles. The molecule has 2 aromatic carbocycles. The van der Waals surface area contributed by atoms with E-state index in [1.165, 1.54) is 11.1 Å². The Morgan fingerprint density at radius 1 is 1.15 bits per heavy atom. The molecule has 0 bridgehead atoms. The number of amides is 1. The number of halogens is 1. The van der Waals surface area contributed by atoms with Crippen LogP contribution in [0, 0.1) is 5.92 Å². The number of nitrogens with zero attached hydrogens (tertiary/aromatic N) is 2. The first-order valence-electron chi connectivity index (χ1n) is 9.13. The van der Waals surface area contributed by atoms with Gasteiger partial charge in [-0.25, -0.2) is 5.01 Å². The fraction of sp³-hybridized carbons (Fsp3) is 0.318. The van der Waals surface area contributed by atoms with Gasteiger partial charge in [0.1, 0.15) is 0 Å². The number of carbonyl (C=O) groups excluding carboxylic acids is 1. The van der Waals surface area contributed by atoms with Crippen LogP contribution in [0.15, 0.2) is 54.2 Å². The molecular weight excluding hydrogens is 344 g/mol. The minimum atomic E-state index is -0.187. The van der Waals surface area contributed by atoms with Crippen LogP contribution in [0.1, 0.15) is 43.0 Å². The maximum absolute atomic E-state index is 12.9. The minimum Gasteiger partial charge on any atom is -0.273 e. The first kappa shape index (κ1) is 16.1. The summed E-state index contributed by atoms with van der Waals surface area (Å²) in [7, 11) is 0. The summed E-state index contributed by atoms with van der Waals surface area (Å²) in [6.45, 7) is 4.34. The average molecular weight is 365 g/mol. The van der Waals surface area contributed by atoms with Gasteiger partial charge >= 0.3 is 0 Å². The van der Waals surface area contributed by atoms with Crippen LogP contribution in [0.5, 0.6) is 0 Å². The van der Waals surface area contributed by atoms with Crippen LogP contribution >= 0.6 is 11.6 Å². The summed E-state index contributed by atoms with van der Waals surface area (Å²) in [6.07, 6.45) is 3.66. The monoisotopic (exact) mass is 364 g/mol. The molecule has 2 fully saturated rings. The Kier molecular flexibility index (Phi) is 3.37. The number of hydrogen-bond donors (Lipinski definition) is 0. The van der Waals surface area contributed by atoms with Crippen LogP contribution in [0.3, 0.4) is 0 Å². The summed E-state index contributed by atoms with van der Waals surface area (Å²) < 4.78 is 0. The summed E-state index contributed by atoms with van der Waals surface area (Å²) in [5.74, 6) is 0.481. The number of carbonyl (C=O) groups is 1. The topological polar surface area (TPSA) is 23.6 Å². The van der Waals surface area contributed by atoms with E-state index in [2.05, 4.69) is 49.2 Å². The standard InChI is InChI=1S/C22H21ClN2O/c1-22(2)13-20(26)24-19(10-14-6-4-3-5-7-14)18-12-15-11-16(23)8-9-17(15)21(18)25(22)24/h3-11,18,21H,12-13H2,1-2H3/b19-10+. The Balaban J connectivity index is 1.68. The second-order valence-electron chi connectivity index (χ2n) is 8.12. The predicted molar refractivity (Wildman–Crippen MR) is 103 cm³/mol. The van der Waals surface area contributed by atoms with Crippen LogP contribution in [-0.4, -0.2) is 21.5 Å². The van der Waals surface area contributed by atoms with Crippen LogP contribution in [-0.2, 0) is 11.2 Å². The van der Waals surface area contributed by atoms with E-state index in [9.17, 15) is 4.79 Å². The zero-order valence-corrected chi connectivity index (χ0v) is 15.7. The van der Waals surface area contributed by atoms with E-state index in [0.29, 0.717) is 6.42 Å². The number of rotatable bonds is 1. The molecule has 2 unspecified atom stereocenters. The maximum Gasteiger partial charge on any atom is 0.243 e. The van der Waals surface area contributed by atoms with Crippen molar-refractivity contribution in [3.63, 3.8) is 0 Å². The molecule has 26 heavy (non-hydrogen) atoms. The lowest BCUT2D eigenvalue weighted by Crippen LogP contribution is -2.43. The minimum absolute atomic E-state index is 0.187. The normalized spacial score (nSPS) is 27.7. The SMILES string of the molecule is CC1(C)CC(=O)N2/C(=C/c3ccccc3)C3Cc4cc(Cl)ccc4C3N21. The lowest BCUT2D eigenvalue weighted by atomic mass is 9.92. The highest BCUT2D eigenvalue weighted by molar-refractivity contribution is 6.30. The summed E-state index contributed by atoms with van der Waals surface area (Å²) in [5, 5.41) is 5.06. The van der Waals surface area contributed by atoms with Gasteiger partial charge in [-0.15, -0.1) is 0 Å². The molecule has 0 spiro atoms. The summed E-state index contributed by atoms with van der Waals surface area (Å²) in [5.41, 5.74) is 4.68. The first-order valence-corrected chi connectivity index (χ1v) is 9.51. The van der Waals surface area contributed by atoms with Gasteiger partial charge in [0, 0.05) is 28.6 Å². The van der Waals surface area contributed by atoms with E-state index in [4.69, 9.17) is 11.6 Å². The Morgan fingerprint density at radius 3 is 2.69 bits per heavy atom. The van der Waals surface area contributed by atoms with Crippen LogP contribution in [0.4, 0.5) is 0 Å². The fourth-order valence-corrected chi connectivity index (χ4v) is 5.10. The van der Waals surface area contributed by atoms with Crippen LogP contribution in [0.2, 0.25) is 5.02 Å². The predicted octanol–water partition coefficient (Wildman–Crippen LogP) is 4.84. The molecule has 5 rings (SSSR count). The third kappa shape index (κ3) is 2.20. The number of hydrogen-bond acceptors (Lipinski definition) is 2. The Labute approximate surface area is 158 Å². The molecule has 0 aromatic heterocycles. The number of fused-ring (bicyclic) bond motifs is 5. The van der Waals surface area contributed by atoms with Crippen molar-refractivity contribution in [2.24, 2.45) is 5.92 Å². The molecule has 0 radical (unpaired) electrons. The van der Waals surface area contributed by atoms with Crippen molar-refractivity contribution in [2.75, 3.05) is 0 Å². The van der Waals surface area contributed by atoms with Gasteiger partial charge in [0.15, 0.2) is 0 Å². The van der Waals surface area contributed by atoms with Gasteiger partial charge in [-0.2, -0.15) is 5.01 Å². The molecule has 2 aliphatic heterocycles. The molecule has 2 atom stereocenters. The molecule has 2 saturated heterocycles. The highest BCUT2D eigenvalue weighted by Gasteiger charge is 2.59. The van der Waals surface area contributed by atoms with E-state index in [1.54, 1.807) is 0 Å². The Morgan fingerprint density at radius 2 is 1.92 bits per heavy atom. The van der Waals surface area contributed by atoms with E-state index in [-0.39, 0.29) is 23.4 Å². The van der Waals surface area contributed by atoms with Gasteiger partial charge in [0.05, 0.1) is 6.04 Å². The maximum atomic E-state index is 12.9. The van der Waals surface area contributed by atoms with Crippen molar-refractivity contribution in [3.8, 4) is 0 Å². The van der Waals surface area contributed by atoms with Crippen molar-refractivity contribution < 1.29 is 4.79 Å². The summed E-state index contributed by atoms with van der Waals surface area (Å²) in [4.78, 5) is 12.9. The summed E-state index contributed by atoms with van der Waals surface area (Å²) >= 11 is 6.24. The fourth-order valence-electron chi connectivity index (χ4n) is 4.90. The second-order valence-corrected chi connectivity index (χ2v) is 8.55. The van der Waals surface area contributed by atoms with Gasteiger partial charge in [0.2, 0.25) is 5.91 Å². The number of benzene rings is 2. The van der Waals surface area contributed by atoms with Crippen molar-refractivity contribution in [2.45, 2.75) is 38.3 Å². The highest BCUT2D eigenvalue weighted by atomic mass is 35.5. The zero-order chi connectivity index (χ0) is 18.1. The van der Waals surface area contributed by atoms with E-state index >= 15 is 0 Å². The molecule has 0 N–H and O–H groups in total. The molecule has 2 heterocycles. The van der Waals surface area contributed by atoms with Crippen LogP contribution in [0.25, 0.3) is 6.08 Å². The lowest BCUT2D eigenvalue weighted by Gasteiger charge is -2.35. The molecule has 4 heteroatoms. The smallest absolute Gasteiger partial charge is 0.243 e.